The maximum atomic E-state index is 12.5. The van der Waals surface area contributed by atoms with Gasteiger partial charge in [0, 0.05) is 5.69 Å². The van der Waals surface area contributed by atoms with E-state index in [0.29, 0.717) is 0 Å². The minimum absolute atomic E-state index is 0. The Hall–Kier alpha value is -2.22. The van der Waals surface area contributed by atoms with Crippen LogP contribution in [0.5, 0.6) is 0 Å². The van der Waals surface area contributed by atoms with Crippen molar-refractivity contribution < 1.29 is 26.3 Å². The SMILES string of the molecule is Cl.FC(F)(F)c1cccc(N=CNc2cccc(C(F)(F)F)c2)c1. The minimum atomic E-state index is -4.49. The van der Waals surface area contributed by atoms with Crippen molar-refractivity contribution in [1.29, 1.82) is 0 Å². The van der Waals surface area contributed by atoms with Gasteiger partial charge in [-0.15, -0.1) is 12.4 Å². The fraction of sp³-hybridized carbons (Fsp3) is 0.133. The molecule has 1 N–H and O–H groups in total. The van der Waals surface area contributed by atoms with Gasteiger partial charge >= 0.3 is 12.4 Å². The third-order valence-electron chi connectivity index (χ3n) is 2.81. The number of alkyl halides is 6. The number of nitrogens with zero attached hydrogens (tertiary/aromatic N) is 1. The van der Waals surface area contributed by atoms with Gasteiger partial charge in [-0.2, -0.15) is 26.3 Å². The molecule has 130 valence electrons. The average Bonchev–Trinajstić information content (AvgIpc) is 2.46. The Labute approximate surface area is 139 Å². The number of halogens is 7. The Morgan fingerprint density at radius 2 is 1.33 bits per heavy atom. The van der Waals surface area contributed by atoms with Crippen LogP contribution >= 0.6 is 12.4 Å². The van der Waals surface area contributed by atoms with E-state index in [1.165, 1.54) is 24.3 Å². The molecule has 0 aliphatic heterocycles. The summed E-state index contributed by atoms with van der Waals surface area (Å²) in [6.07, 6.45) is -7.93. The van der Waals surface area contributed by atoms with Crippen LogP contribution < -0.4 is 5.32 Å². The number of anilines is 1. The molecule has 0 amide bonds. The van der Waals surface area contributed by atoms with Crippen molar-refractivity contribution in [2.45, 2.75) is 12.4 Å². The Bertz CT molecular complexity index is 710. The summed E-state index contributed by atoms with van der Waals surface area (Å²) in [6, 6.07) is 8.66. The van der Waals surface area contributed by atoms with E-state index in [9.17, 15) is 26.3 Å². The van der Waals surface area contributed by atoms with E-state index < -0.39 is 23.5 Å². The zero-order valence-corrected chi connectivity index (χ0v) is 12.6. The molecule has 2 rings (SSSR count). The molecule has 0 atom stereocenters. The molecule has 9 heteroatoms. The first-order valence-electron chi connectivity index (χ1n) is 6.30. The molecular weight excluding hydrogens is 358 g/mol. The van der Waals surface area contributed by atoms with E-state index in [0.717, 1.165) is 30.6 Å². The number of benzene rings is 2. The normalized spacial score (nSPS) is 12.1. The van der Waals surface area contributed by atoms with E-state index in [-0.39, 0.29) is 23.8 Å². The van der Waals surface area contributed by atoms with E-state index in [1.807, 2.05) is 0 Å². The van der Waals surface area contributed by atoms with E-state index >= 15 is 0 Å². The summed E-state index contributed by atoms with van der Waals surface area (Å²) in [6.45, 7) is 0. The highest BCUT2D eigenvalue weighted by molar-refractivity contribution is 5.85. The van der Waals surface area contributed by atoms with E-state index in [1.54, 1.807) is 0 Å². The molecule has 0 aliphatic carbocycles. The first-order valence-corrected chi connectivity index (χ1v) is 6.30. The number of aliphatic imine (C=N–C) groups is 1. The zero-order chi connectivity index (χ0) is 17.1. The Morgan fingerprint density at radius 1 is 0.792 bits per heavy atom. The second-order valence-corrected chi connectivity index (χ2v) is 4.53. The highest BCUT2D eigenvalue weighted by Crippen LogP contribution is 2.32. The van der Waals surface area contributed by atoms with Crippen LogP contribution in [0.2, 0.25) is 0 Å². The maximum Gasteiger partial charge on any atom is 0.416 e. The summed E-state index contributed by atoms with van der Waals surface area (Å²) >= 11 is 0. The van der Waals surface area contributed by atoms with Crippen LogP contribution in [0.1, 0.15) is 11.1 Å². The first-order chi connectivity index (χ1) is 10.7. The smallest absolute Gasteiger partial charge is 0.346 e. The summed E-state index contributed by atoms with van der Waals surface area (Å²) in [7, 11) is 0. The molecule has 24 heavy (non-hydrogen) atoms. The third-order valence-corrected chi connectivity index (χ3v) is 2.81. The second-order valence-electron chi connectivity index (χ2n) is 4.53. The van der Waals surface area contributed by atoms with Crippen LogP contribution in [0.15, 0.2) is 53.5 Å². The maximum absolute atomic E-state index is 12.5. The summed E-state index contributed by atoms with van der Waals surface area (Å²) in [4.78, 5) is 3.75. The van der Waals surface area contributed by atoms with Gasteiger partial charge in [-0.3, -0.25) is 0 Å². The Balaban J connectivity index is 0.00000288. The fourth-order valence-corrected chi connectivity index (χ4v) is 1.73. The van der Waals surface area contributed by atoms with Gasteiger partial charge in [0.2, 0.25) is 0 Å². The number of hydrogen-bond donors (Lipinski definition) is 1. The molecule has 0 spiro atoms. The van der Waals surface area contributed by atoms with Gasteiger partial charge in [0.05, 0.1) is 23.2 Å². The van der Waals surface area contributed by atoms with Crippen LogP contribution in [0.3, 0.4) is 0 Å². The Kier molecular flexibility index (Phi) is 6.25. The van der Waals surface area contributed by atoms with Crippen molar-refractivity contribution >= 4 is 30.1 Å². The predicted molar refractivity (Wildman–Crippen MR) is 81.9 cm³/mol. The molecule has 2 aromatic carbocycles. The highest BCUT2D eigenvalue weighted by atomic mass is 35.5. The average molecular weight is 369 g/mol. The van der Waals surface area contributed by atoms with Gasteiger partial charge in [-0.25, -0.2) is 4.99 Å². The van der Waals surface area contributed by atoms with Gasteiger partial charge in [0.25, 0.3) is 0 Å². The Morgan fingerprint density at radius 3 is 1.92 bits per heavy atom. The molecule has 2 nitrogen and oxygen atoms in total. The van der Waals surface area contributed by atoms with Crippen molar-refractivity contribution in [2.24, 2.45) is 4.99 Å². The van der Waals surface area contributed by atoms with Gasteiger partial charge in [0.1, 0.15) is 0 Å². The molecule has 0 saturated heterocycles. The van der Waals surface area contributed by atoms with Crippen molar-refractivity contribution in [3.8, 4) is 0 Å². The fourth-order valence-electron chi connectivity index (χ4n) is 1.73. The molecule has 0 aromatic heterocycles. The van der Waals surface area contributed by atoms with E-state index in [4.69, 9.17) is 0 Å². The molecular formula is C15H11ClF6N2. The van der Waals surface area contributed by atoms with Gasteiger partial charge < -0.3 is 5.32 Å². The second kappa shape index (κ2) is 7.57. The summed E-state index contributed by atoms with van der Waals surface area (Å²) in [5.74, 6) is 0. The first kappa shape index (κ1) is 19.8. The minimum Gasteiger partial charge on any atom is -0.346 e. The monoisotopic (exact) mass is 368 g/mol. The largest absolute Gasteiger partial charge is 0.416 e. The molecule has 0 heterocycles. The lowest BCUT2D eigenvalue weighted by Gasteiger charge is -2.08. The van der Waals surface area contributed by atoms with E-state index in [2.05, 4.69) is 10.3 Å². The standard InChI is InChI=1S/C15H10F6N2.ClH/c16-14(17,18)10-3-1-5-12(7-10)22-9-23-13-6-2-4-11(8-13)15(19,20)21;/h1-9H,(H,22,23);1H. The van der Waals surface area contributed by atoms with Gasteiger partial charge in [-0.1, -0.05) is 12.1 Å². The lowest BCUT2D eigenvalue weighted by Crippen LogP contribution is -2.05. The predicted octanol–water partition coefficient (Wildman–Crippen LogP) is 5.92. The molecule has 0 radical (unpaired) electrons. The summed E-state index contributed by atoms with van der Waals surface area (Å²) < 4.78 is 75.2. The number of hydrogen-bond acceptors (Lipinski definition) is 1. The van der Waals surface area contributed by atoms with Crippen molar-refractivity contribution in [1.82, 2.24) is 0 Å². The van der Waals surface area contributed by atoms with Gasteiger partial charge in [-0.05, 0) is 36.4 Å². The molecule has 0 fully saturated rings. The number of nitrogens with one attached hydrogen (secondary N) is 1. The molecule has 2 aromatic rings. The molecule has 0 bridgehead atoms. The quantitative estimate of drug-likeness (QED) is 0.406. The third kappa shape index (κ3) is 5.45. The lowest BCUT2D eigenvalue weighted by molar-refractivity contribution is -0.138. The zero-order valence-electron chi connectivity index (χ0n) is 11.8. The van der Waals surface area contributed by atoms with Crippen LogP contribution in [-0.2, 0) is 12.4 Å². The van der Waals surface area contributed by atoms with Crippen LogP contribution in [0, 0.1) is 0 Å². The highest BCUT2D eigenvalue weighted by Gasteiger charge is 2.31. The topological polar surface area (TPSA) is 24.4 Å². The molecule has 0 saturated carbocycles. The van der Waals surface area contributed by atoms with Crippen LogP contribution in [0.25, 0.3) is 0 Å². The molecule has 0 aliphatic rings. The van der Waals surface area contributed by atoms with Gasteiger partial charge in [0.15, 0.2) is 0 Å². The number of rotatable bonds is 3. The van der Waals surface area contributed by atoms with Crippen molar-refractivity contribution in [2.75, 3.05) is 5.32 Å². The van der Waals surface area contributed by atoms with Crippen LogP contribution in [-0.4, -0.2) is 6.34 Å². The van der Waals surface area contributed by atoms with Crippen LogP contribution in [0.4, 0.5) is 37.7 Å². The lowest BCUT2D eigenvalue weighted by atomic mass is 10.2. The van der Waals surface area contributed by atoms with Crippen molar-refractivity contribution in [3.05, 3.63) is 59.7 Å². The molecule has 0 unspecified atom stereocenters. The van der Waals surface area contributed by atoms with Crippen molar-refractivity contribution in [3.63, 3.8) is 0 Å². The summed E-state index contributed by atoms with van der Waals surface area (Å²) in [5.41, 5.74) is -1.55. The summed E-state index contributed by atoms with van der Waals surface area (Å²) in [5, 5.41) is 2.49.